The number of aromatic nitrogens is 1. The molecule has 2 aromatic carbocycles. The van der Waals surface area contributed by atoms with Crippen molar-refractivity contribution in [1.29, 1.82) is 0 Å². The van der Waals surface area contributed by atoms with Crippen LogP contribution in [0, 0.1) is 19.7 Å². The minimum Gasteiger partial charge on any atom is -0.478 e. The molecule has 0 amide bonds. The first-order chi connectivity index (χ1) is 12.0. The molecule has 0 aliphatic heterocycles. The fraction of sp³-hybridized carbons (Fsp3) is 0.100. The van der Waals surface area contributed by atoms with Crippen molar-refractivity contribution in [2.75, 3.05) is 0 Å². The van der Waals surface area contributed by atoms with Gasteiger partial charge in [-0.15, -0.1) is 0 Å². The van der Waals surface area contributed by atoms with Gasteiger partial charge in [-0.3, -0.25) is 4.99 Å². The summed E-state index contributed by atoms with van der Waals surface area (Å²) < 4.78 is 15.2. The molecule has 0 unspecified atom stereocenters. The lowest BCUT2D eigenvalue weighted by atomic mass is 10.2. The molecule has 5 heteroatoms. The van der Waals surface area contributed by atoms with Crippen LogP contribution in [0.25, 0.3) is 5.69 Å². The second-order valence-corrected chi connectivity index (χ2v) is 5.75. The summed E-state index contributed by atoms with van der Waals surface area (Å²) in [6.45, 7) is 3.93. The minimum atomic E-state index is -0.980. The average Bonchev–Trinajstić information content (AvgIpc) is 2.88. The van der Waals surface area contributed by atoms with Crippen LogP contribution in [0.4, 0.5) is 10.1 Å². The molecule has 0 bridgehead atoms. The van der Waals surface area contributed by atoms with E-state index in [9.17, 15) is 9.18 Å². The van der Waals surface area contributed by atoms with Gasteiger partial charge in [-0.25, -0.2) is 9.18 Å². The number of hydrogen-bond acceptors (Lipinski definition) is 2. The van der Waals surface area contributed by atoms with Crippen molar-refractivity contribution in [1.82, 2.24) is 4.57 Å². The lowest BCUT2D eigenvalue weighted by molar-refractivity contribution is 0.0697. The number of hydrogen-bond donors (Lipinski definition) is 1. The minimum absolute atomic E-state index is 0.200. The third kappa shape index (κ3) is 3.50. The summed E-state index contributed by atoms with van der Waals surface area (Å²) in [6, 6.07) is 14.8. The van der Waals surface area contributed by atoms with E-state index in [1.807, 2.05) is 24.5 Å². The van der Waals surface area contributed by atoms with Gasteiger partial charge in [0.2, 0.25) is 0 Å². The van der Waals surface area contributed by atoms with Gasteiger partial charge in [-0.1, -0.05) is 6.07 Å². The highest BCUT2D eigenvalue weighted by Gasteiger charge is 2.09. The molecule has 4 nitrogen and oxygen atoms in total. The molecular weight excluding hydrogens is 319 g/mol. The van der Waals surface area contributed by atoms with Crippen molar-refractivity contribution in [3.63, 3.8) is 0 Å². The Morgan fingerprint density at radius 3 is 2.52 bits per heavy atom. The fourth-order valence-electron chi connectivity index (χ4n) is 2.77. The van der Waals surface area contributed by atoms with Crippen molar-refractivity contribution in [2.45, 2.75) is 13.8 Å². The molecule has 0 radical (unpaired) electrons. The van der Waals surface area contributed by atoms with E-state index in [0.717, 1.165) is 22.6 Å². The van der Waals surface area contributed by atoms with Gasteiger partial charge in [-0.05, 0) is 62.4 Å². The van der Waals surface area contributed by atoms with E-state index >= 15 is 0 Å². The third-order valence-corrected chi connectivity index (χ3v) is 4.00. The summed E-state index contributed by atoms with van der Waals surface area (Å²) in [4.78, 5) is 15.4. The topological polar surface area (TPSA) is 54.6 Å². The number of nitrogens with zero attached hydrogens (tertiary/aromatic N) is 2. The Balaban J connectivity index is 1.94. The van der Waals surface area contributed by atoms with Crippen LogP contribution in [0.1, 0.15) is 27.3 Å². The van der Waals surface area contributed by atoms with Gasteiger partial charge in [0.15, 0.2) is 0 Å². The first kappa shape index (κ1) is 16.6. The zero-order valence-electron chi connectivity index (χ0n) is 13.9. The van der Waals surface area contributed by atoms with Crippen molar-refractivity contribution in [2.24, 2.45) is 4.99 Å². The predicted octanol–water partition coefficient (Wildman–Crippen LogP) is 4.68. The predicted molar refractivity (Wildman–Crippen MR) is 95.9 cm³/mol. The number of rotatable bonds is 4. The van der Waals surface area contributed by atoms with E-state index < -0.39 is 5.97 Å². The number of aromatic carboxylic acids is 1. The Bertz CT molecular complexity index is 956. The second-order valence-electron chi connectivity index (χ2n) is 5.75. The number of halogens is 1. The Hall–Kier alpha value is -3.21. The SMILES string of the molecule is Cc1cc(C=Nc2cccc(C(=O)O)c2)c(C)n1-c1ccc(F)cc1. The molecule has 1 N–H and O–H groups in total. The molecular formula is C20H17FN2O2. The van der Waals surface area contributed by atoms with E-state index in [-0.39, 0.29) is 11.4 Å². The Kier molecular flexibility index (Phi) is 4.48. The first-order valence-corrected chi connectivity index (χ1v) is 7.78. The molecule has 1 heterocycles. The normalized spacial score (nSPS) is 11.2. The number of carboxylic acid groups (broad SMARTS) is 1. The molecule has 25 heavy (non-hydrogen) atoms. The number of carboxylic acids is 1. The number of benzene rings is 2. The summed E-state index contributed by atoms with van der Waals surface area (Å²) >= 11 is 0. The Morgan fingerprint density at radius 1 is 1.12 bits per heavy atom. The maximum Gasteiger partial charge on any atom is 0.335 e. The van der Waals surface area contributed by atoms with Crippen LogP contribution in [0.5, 0.6) is 0 Å². The van der Waals surface area contributed by atoms with Crippen molar-refractivity contribution in [3.8, 4) is 5.69 Å². The molecule has 126 valence electrons. The average molecular weight is 336 g/mol. The van der Waals surface area contributed by atoms with Crippen LogP contribution in [0.2, 0.25) is 0 Å². The fourth-order valence-corrected chi connectivity index (χ4v) is 2.77. The van der Waals surface area contributed by atoms with Gasteiger partial charge in [0.1, 0.15) is 5.82 Å². The zero-order chi connectivity index (χ0) is 18.0. The van der Waals surface area contributed by atoms with E-state index in [1.54, 1.807) is 30.5 Å². The largest absolute Gasteiger partial charge is 0.478 e. The molecule has 0 aliphatic carbocycles. The second kappa shape index (κ2) is 6.73. The van der Waals surface area contributed by atoms with Crippen molar-refractivity contribution < 1.29 is 14.3 Å². The Morgan fingerprint density at radius 2 is 1.84 bits per heavy atom. The first-order valence-electron chi connectivity index (χ1n) is 7.78. The van der Waals surface area contributed by atoms with E-state index in [0.29, 0.717) is 5.69 Å². The smallest absolute Gasteiger partial charge is 0.335 e. The van der Waals surface area contributed by atoms with Crippen molar-refractivity contribution >= 4 is 17.9 Å². The number of aryl methyl sites for hydroxylation is 1. The molecule has 3 rings (SSSR count). The molecule has 0 fully saturated rings. The van der Waals surface area contributed by atoms with Crippen molar-refractivity contribution in [3.05, 3.63) is 82.9 Å². The molecule has 3 aromatic rings. The number of aliphatic imine (C=N–C) groups is 1. The standard InChI is InChI=1S/C20H17FN2O2/c1-13-10-16(12-22-18-5-3-4-15(11-18)20(24)25)14(2)23(13)19-8-6-17(21)7-9-19/h3-12H,1-2H3,(H,24,25). The molecule has 1 aromatic heterocycles. The summed E-state index contributed by atoms with van der Waals surface area (Å²) in [5.41, 5.74) is 4.55. The van der Waals surface area contributed by atoms with Gasteiger partial charge >= 0.3 is 5.97 Å². The highest BCUT2D eigenvalue weighted by molar-refractivity contribution is 5.89. The van der Waals surface area contributed by atoms with E-state index in [1.165, 1.54) is 24.3 Å². The maximum absolute atomic E-state index is 13.1. The highest BCUT2D eigenvalue weighted by atomic mass is 19.1. The summed E-state index contributed by atoms with van der Waals surface area (Å²) in [7, 11) is 0. The van der Waals surface area contributed by atoms with Gasteiger partial charge in [0, 0.05) is 28.9 Å². The van der Waals surface area contributed by atoms with Crippen LogP contribution < -0.4 is 0 Å². The van der Waals surface area contributed by atoms with Crippen LogP contribution in [0.3, 0.4) is 0 Å². The van der Waals surface area contributed by atoms with Crippen LogP contribution in [-0.4, -0.2) is 21.9 Å². The third-order valence-electron chi connectivity index (χ3n) is 4.00. The summed E-state index contributed by atoms with van der Waals surface area (Å²) in [6.07, 6.45) is 1.71. The highest BCUT2D eigenvalue weighted by Crippen LogP contribution is 2.21. The molecule has 0 spiro atoms. The molecule has 0 saturated carbocycles. The van der Waals surface area contributed by atoms with Gasteiger partial charge in [0.05, 0.1) is 11.3 Å². The van der Waals surface area contributed by atoms with Gasteiger partial charge in [-0.2, -0.15) is 0 Å². The lowest BCUT2D eigenvalue weighted by Crippen LogP contribution is -1.99. The van der Waals surface area contributed by atoms with E-state index in [4.69, 9.17) is 5.11 Å². The summed E-state index contributed by atoms with van der Waals surface area (Å²) in [5.74, 6) is -1.25. The van der Waals surface area contributed by atoms with Gasteiger partial charge in [0.25, 0.3) is 0 Å². The monoisotopic (exact) mass is 336 g/mol. The quantitative estimate of drug-likeness (QED) is 0.703. The van der Waals surface area contributed by atoms with Gasteiger partial charge < -0.3 is 9.67 Å². The molecule has 0 saturated heterocycles. The number of carbonyl (C=O) groups is 1. The maximum atomic E-state index is 13.1. The lowest BCUT2D eigenvalue weighted by Gasteiger charge is -2.09. The van der Waals surface area contributed by atoms with Crippen LogP contribution in [-0.2, 0) is 0 Å². The Labute approximate surface area is 144 Å². The summed E-state index contributed by atoms with van der Waals surface area (Å²) in [5, 5.41) is 9.04. The van der Waals surface area contributed by atoms with Crippen LogP contribution in [0.15, 0.2) is 59.6 Å². The van der Waals surface area contributed by atoms with Crippen LogP contribution >= 0.6 is 0 Å². The molecule has 0 aliphatic rings. The molecule has 0 atom stereocenters. The zero-order valence-corrected chi connectivity index (χ0v) is 13.9. The van der Waals surface area contributed by atoms with E-state index in [2.05, 4.69) is 4.99 Å².